The van der Waals surface area contributed by atoms with E-state index in [1.165, 1.54) is 12.0 Å². The van der Waals surface area contributed by atoms with Crippen LogP contribution < -0.4 is 5.73 Å². The fourth-order valence-corrected chi connectivity index (χ4v) is 3.17. The molecule has 1 heterocycles. The van der Waals surface area contributed by atoms with Crippen molar-refractivity contribution < 1.29 is 4.52 Å². The van der Waals surface area contributed by atoms with Crippen molar-refractivity contribution in [1.82, 2.24) is 10.1 Å². The highest BCUT2D eigenvalue weighted by atomic mass is 16.5. The van der Waals surface area contributed by atoms with E-state index in [0.29, 0.717) is 18.4 Å². The first-order valence-corrected chi connectivity index (χ1v) is 7.77. The van der Waals surface area contributed by atoms with Gasteiger partial charge in [0, 0.05) is 6.54 Å². The van der Waals surface area contributed by atoms with Crippen molar-refractivity contribution >= 4 is 0 Å². The van der Waals surface area contributed by atoms with Crippen molar-refractivity contribution in [2.24, 2.45) is 11.7 Å². The predicted octanol–water partition coefficient (Wildman–Crippen LogP) is 3.24. The topological polar surface area (TPSA) is 64.9 Å². The molecule has 0 saturated heterocycles. The van der Waals surface area contributed by atoms with Crippen molar-refractivity contribution in [3.05, 3.63) is 47.6 Å². The SMILES string of the molecule is CC(C)C(CN)c1nc(C2(c3ccccc3)CCC2)no1. The second-order valence-corrected chi connectivity index (χ2v) is 6.34. The summed E-state index contributed by atoms with van der Waals surface area (Å²) in [4.78, 5) is 4.72. The molecule has 0 amide bonds. The highest BCUT2D eigenvalue weighted by Gasteiger charge is 2.44. The van der Waals surface area contributed by atoms with Crippen molar-refractivity contribution in [2.75, 3.05) is 6.54 Å². The van der Waals surface area contributed by atoms with Crippen molar-refractivity contribution in [3.8, 4) is 0 Å². The number of nitrogens with zero attached hydrogens (tertiary/aromatic N) is 2. The first-order valence-electron chi connectivity index (χ1n) is 7.77. The summed E-state index contributed by atoms with van der Waals surface area (Å²) in [5.41, 5.74) is 7.09. The molecule has 1 saturated carbocycles. The van der Waals surface area contributed by atoms with Gasteiger partial charge < -0.3 is 10.3 Å². The highest BCUT2D eigenvalue weighted by molar-refractivity contribution is 5.35. The number of hydrogen-bond acceptors (Lipinski definition) is 4. The van der Waals surface area contributed by atoms with E-state index in [1.807, 2.05) is 6.07 Å². The lowest BCUT2D eigenvalue weighted by Gasteiger charge is -2.39. The Morgan fingerprint density at radius 1 is 1.24 bits per heavy atom. The molecule has 1 aliphatic carbocycles. The van der Waals surface area contributed by atoms with Crippen molar-refractivity contribution in [3.63, 3.8) is 0 Å². The van der Waals surface area contributed by atoms with E-state index in [2.05, 4.69) is 43.3 Å². The molecular formula is C17H23N3O. The Labute approximate surface area is 125 Å². The van der Waals surface area contributed by atoms with Crippen LogP contribution in [0.5, 0.6) is 0 Å². The highest BCUT2D eigenvalue weighted by Crippen LogP contribution is 2.47. The minimum atomic E-state index is -0.0564. The van der Waals surface area contributed by atoms with E-state index in [4.69, 9.17) is 15.2 Å². The minimum absolute atomic E-state index is 0.0564. The molecule has 112 valence electrons. The largest absolute Gasteiger partial charge is 0.339 e. The van der Waals surface area contributed by atoms with E-state index >= 15 is 0 Å². The molecule has 1 atom stereocenters. The molecule has 1 aliphatic rings. The van der Waals surface area contributed by atoms with Gasteiger partial charge in [0.25, 0.3) is 0 Å². The lowest BCUT2D eigenvalue weighted by Crippen LogP contribution is -2.36. The predicted molar refractivity (Wildman–Crippen MR) is 82.0 cm³/mol. The van der Waals surface area contributed by atoms with Crippen LogP contribution in [0.3, 0.4) is 0 Å². The molecule has 1 fully saturated rings. The van der Waals surface area contributed by atoms with Gasteiger partial charge >= 0.3 is 0 Å². The van der Waals surface area contributed by atoms with E-state index in [0.717, 1.165) is 18.7 Å². The Hall–Kier alpha value is -1.68. The molecule has 21 heavy (non-hydrogen) atoms. The fourth-order valence-electron chi connectivity index (χ4n) is 3.17. The molecule has 3 rings (SSSR count). The Morgan fingerprint density at radius 2 is 1.95 bits per heavy atom. The van der Waals surface area contributed by atoms with Gasteiger partial charge in [0.2, 0.25) is 5.89 Å². The molecule has 0 spiro atoms. The third-order valence-electron chi connectivity index (χ3n) is 4.78. The van der Waals surface area contributed by atoms with Gasteiger partial charge in [0.15, 0.2) is 5.82 Å². The molecule has 0 bridgehead atoms. The molecule has 1 aromatic carbocycles. The van der Waals surface area contributed by atoms with Crippen LogP contribution in [0.25, 0.3) is 0 Å². The van der Waals surface area contributed by atoms with Crippen LogP contribution in [0.15, 0.2) is 34.9 Å². The maximum absolute atomic E-state index is 5.85. The third kappa shape index (κ3) is 2.38. The smallest absolute Gasteiger partial charge is 0.231 e. The standard InChI is InChI=1S/C17H23N3O/c1-12(2)14(11-18)15-19-16(20-21-15)17(9-6-10-17)13-7-4-3-5-8-13/h3-5,7-8,12,14H,6,9-11,18H2,1-2H3. The van der Waals surface area contributed by atoms with Gasteiger partial charge in [-0.15, -0.1) is 0 Å². The maximum atomic E-state index is 5.85. The second kappa shape index (κ2) is 5.60. The Morgan fingerprint density at radius 3 is 2.48 bits per heavy atom. The van der Waals surface area contributed by atoms with Crippen LogP contribution in [0.4, 0.5) is 0 Å². The van der Waals surface area contributed by atoms with Crippen molar-refractivity contribution in [1.29, 1.82) is 0 Å². The van der Waals surface area contributed by atoms with Crippen LogP contribution in [0, 0.1) is 5.92 Å². The molecule has 1 aromatic heterocycles. The molecule has 0 aliphatic heterocycles. The van der Waals surface area contributed by atoms with Crippen LogP contribution in [-0.4, -0.2) is 16.7 Å². The van der Waals surface area contributed by atoms with Gasteiger partial charge in [-0.05, 0) is 24.3 Å². The molecule has 4 nitrogen and oxygen atoms in total. The third-order valence-corrected chi connectivity index (χ3v) is 4.78. The quantitative estimate of drug-likeness (QED) is 0.916. The van der Waals surface area contributed by atoms with Gasteiger partial charge in [-0.2, -0.15) is 4.98 Å². The second-order valence-electron chi connectivity index (χ2n) is 6.34. The zero-order valence-corrected chi connectivity index (χ0v) is 12.7. The minimum Gasteiger partial charge on any atom is -0.339 e. The molecule has 2 aromatic rings. The lowest BCUT2D eigenvalue weighted by atomic mass is 9.64. The number of aromatic nitrogens is 2. The number of benzene rings is 1. The summed E-state index contributed by atoms with van der Waals surface area (Å²) in [6.45, 7) is 4.81. The first-order chi connectivity index (χ1) is 10.2. The lowest BCUT2D eigenvalue weighted by molar-refractivity contribution is 0.267. The van der Waals surface area contributed by atoms with Gasteiger partial charge in [-0.25, -0.2) is 0 Å². The molecule has 2 N–H and O–H groups in total. The monoisotopic (exact) mass is 285 g/mol. The van der Waals surface area contributed by atoms with Crippen LogP contribution in [0.1, 0.15) is 56.3 Å². The van der Waals surface area contributed by atoms with E-state index in [1.54, 1.807) is 0 Å². The fraction of sp³-hybridized carbons (Fsp3) is 0.529. The van der Waals surface area contributed by atoms with Gasteiger partial charge in [-0.3, -0.25) is 0 Å². The van der Waals surface area contributed by atoms with E-state index < -0.39 is 0 Å². The van der Waals surface area contributed by atoms with Gasteiger partial charge in [0.1, 0.15) is 0 Å². The molecule has 0 radical (unpaired) electrons. The first kappa shape index (κ1) is 14.3. The van der Waals surface area contributed by atoms with Crippen LogP contribution >= 0.6 is 0 Å². The number of nitrogens with two attached hydrogens (primary N) is 1. The van der Waals surface area contributed by atoms with Gasteiger partial charge in [0.05, 0.1) is 11.3 Å². The Kier molecular flexibility index (Phi) is 3.81. The van der Waals surface area contributed by atoms with E-state index in [-0.39, 0.29) is 11.3 Å². The molecule has 1 unspecified atom stereocenters. The average molecular weight is 285 g/mol. The summed E-state index contributed by atoms with van der Waals surface area (Å²) in [6.07, 6.45) is 3.39. The number of rotatable bonds is 5. The summed E-state index contributed by atoms with van der Waals surface area (Å²) in [7, 11) is 0. The van der Waals surface area contributed by atoms with Gasteiger partial charge in [-0.1, -0.05) is 55.8 Å². The molecule has 4 heteroatoms. The maximum Gasteiger partial charge on any atom is 0.231 e. The van der Waals surface area contributed by atoms with Crippen LogP contribution in [0.2, 0.25) is 0 Å². The Bertz CT molecular complexity index is 587. The van der Waals surface area contributed by atoms with Crippen LogP contribution in [-0.2, 0) is 5.41 Å². The summed E-state index contributed by atoms with van der Waals surface area (Å²) >= 11 is 0. The summed E-state index contributed by atoms with van der Waals surface area (Å²) in [6, 6.07) is 10.5. The average Bonchev–Trinajstić information content (AvgIpc) is 2.89. The summed E-state index contributed by atoms with van der Waals surface area (Å²) in [5, 5.41) is 4.30. The summed E-state index contributed by atoms with van der Waals surface area (Å²) < 4.78 is 5.54. The zero-order valence-electron chi connectivity index (χ0n) is 12.7. The molecular weight excluding hydrogens is 262 g/mol. The van der Waals surface area contributed by atoms with Crippen molar-refractivity contribution in [2.45, 2.75) is 44.4 Å². The normalized spacial score (nSPS) is 18.5. The Balaban J connectivity index is 1.95. The summed E-state index contributed by atoms with van der Waals surface area (Å²) in [5.74, 6) is 2.05. The number of hydrogen-bond donors (Lipinski definition) is 1. The van der Waals surface area contributed by atoms with E-state index in [9.17, 15) is 0 Å². The zero-order chi connectivity index (χ0) is 14.9.